The zero-order chi connectivity index (χ0) is 30.0. The molecule has 0 radical (unpaired) electrons. The van der Waals surface area contributed by atoms with E-state index in [2.05, 4.69) is 14.8 Å². The van der Waals surface area contributed by atoms with E-state index in [0.717, 1.165) is 49.0 Å². The molecule has 5 rings (SSSR count). The summed E-state index contributed by atoms with van der Waals surface area (Å²) in [5.74, 6) is -0.626. The SMILES string of the molecule is CC(C)[C@H](C(=O)O)N1C[C@H](CN2CCC(c3cnc(Cc4ccccc4C(F)(F)F)s3)CC2)[C@@H](c2cccc(F)c2)C1. The highest BCUT2D eigenvalue weighted by molar-refractivity contribution is 7.11. The van der Waals surface area contributed by atoms with E-state index in [1.54, 1.807) is 18.2 Å². The van der Waals surface area contributed by atoms with Gasteiger partial charge in [-0.3, -0.25) is 9.69 Å². The average molecular weight is 604 g/mol. The second-order valence-electron chi connectivity index (χ2n) is 12.0. The van der Waals surface area contributed by atoms with E-state index in [1.807, 2.05) is 26.1 Å². The van der Waals surface area contributed by atoms with Crippen molar-refractivity contribution in [1.82, 2.24) is 14.8 Å². The fraction of sp³-hybridized carbons (Fsp3) is 0.500. The van der Waals surface area contributed by atoms with Gasteiger partial charge in [-0.1, -0.05) is 44.2 Å². The summed E-state index contributed by atoms with van der Waals surface area (Å²) in [6, 6.07) is 11.8. The molecule has 0 saturated carbocycles. The van der Waals surface area contributed by atoms with Gasteiger partial charge in [-0.15, -0.1) is 11.3 Å². The maximum atomic E-state index is 14.1. The quantitative estimate of drug-likeness (QED) is 0.270. The van der Waals surface area contributed by atoms with Gasteiger partial charge in [0, 0.05) is 43.0 Å². The Kier molecular flexibility index (Phi) is 9.34. The number of piperidine rings is 1. The fourth-order valence-corrected chi connectivity index (χ4v) is 7.85. The molecule has 226 valence electrons. The first-order valence-corrected chi connectivity index (χ1v) is 15.4. The molecule has 42 heavy (non-hydrogen) atoms. The monoisotopic (exact) mass is 603 g/mol. The van der Waals surface area contributed by atoms with Crippen molar-refractivity contribution in [3.63, 3.8) is 0 Å². The standard InChI is InChI=1S/C32H37F4N3O2S/c1-20(2)30(31(40)41)39-18-24(26(19-39)22-7-5-8-25(33)14-22)17-38-12-10-21(11-13-38)28-16-37-29(42-28)15-23-6-3-4-9-27(23)32(34,35)36/h3-9,14,16,20-21,24,26,30H,10-13,15,17-19H2,1-2H3,(H,40,41)/t24-,26+,30+/m0/s1. The molecule has 1 aromatic heterocycles. The first-order valence-electron chi connectivity index (χ1n) is 14.5. The molecule has 0 unspecified atom stereocenters. The third-order valence-corrected chi connectivity index (χ3v) is 9.90. The van der Waals surface area contributed by atoms with Crippen LogP contribution in [0.2, 0.25) is 0 Å². The van der Waals surface area contributed by atoms with Gasteiger partial charge in [0.25, 0.3) is 0 Å². The van der Waals surface area contributed by atoms with E-state index in [9.17, 15) is 27.5 Å². The van der Waals surface area contributed by atoms with Crippen LogP contribution in [-0.2, 0) is 17.4 Å². The summed E-state index contributed by atoms with van der Waals surface area (Å²) in [5, 5.41) is 10.6. The van der Waals surface area contributed by atoms with E-state index in [0.29, 0.717) is 24.0 Å². The molecule has 3 aromatic rings. The number of alkyl halides is 3. The summed E-state index contributed by atoms with van der Waals surface area (Å²) in [6.07, 6.45) is -0.566. The number of halogens is 4. The minimum Gasteiger partial charge on any atom is -0.480 e. The number of likely N-dealkylation sites (tertiary alicyclic amines) is 2. The first-order chi connectivity index (χ1) is 20.0. The number of carboxylic acid groups (broad SMARTS) is 1. The summed E-state index contributed by atoms with van der Waals surface area (Å²) in [7, 11) is 0. The third-order valence-electron chi connectivity index (χ3n) is 8.74. The molecule has 1 N–H and O–H groups in total. The molecule has 3 atom stereocenters. The lowest BCUT2D eigenvalue weighted by Crippen LogP contribution is -2.44. The summed E-state index contributed by atoms with van der Waals surface area (Å²) in [4.78, 5) is 22.1. The van der Waals surface area contributed by atoms with Crippen LogP contribution in [0.15, 0.2) is 54.7 Å². The molecule has 0 bridgehead atoms. The predicted octanol–water partition coefficient (Wildman–Crippen LogP) is 6.90. The van der Waals surface area contributed by atoms with Crippen molar-refractivity contribution >= 4 is 17.3 Å². The van der Waals surface area contributed by atoms with Crippen molar-refractivity contribution < 1.29 is 27.5 Å². The highest BCUT2D eigenvalue weighted by atomic mass is 32.1. The Morgan fingerprint density at radius 1 is 1.10 bits per heavy atom. The molecule has 5 nitrogen and oxygen atoms in total. The van der Waals surface area contributed by atoms with E-state index in [1.165, 1.54) is 29.5 Å². The number of aromatic nitrogens is 1. The lowest BCUT2D eigenvalue weighted by Gasteiger charge is -2.34. The van der Waals surface area contributed by atoms with Crippen LogP contribution in [0.4, 0.5) is 17.6 Å². The van der Waals surface area contributed by atoms with Crippen LogP contribution >= 0.6 is 11.3 Å². The number of hydrogen-bond donors (Lipinski definition) is 1. The molecule has 0 amide bonds. The minimum absolute atomic E-state index is 0.0441. The van der Waals surface area contributed by atoms with Crippen molar-refractivity contribution in [2.24, 2.45) is 11.8 Å². The Balaban J connectivity index is 1.23. The predicted molar refractivity (Wildman–Crippen MR) is 155 cm³/mol. The second-order valence-corrected chi connectivity index (χ2v) is 13.1. The van der Waals surface area contributed by atoms with Crippen LogP contribution < -0.4 is 0 Å². The number of aliphatic carboxylic acids is 1. The highest BCUT2D eigenvalue weighted by Gasteiger charge is 2.41. The van der Waals surface area contributed by atoms with Crippen molar-refractivity contribution in [3.8, 4) is 0 Å². The molecular formula is C32H37F4N3O2S. The molecule has 0 spiro atoms. The van der Waals surface area contributed by atoms with Crippen LogP contribution in [-0.4, -0.2) is 64.6 Å². The molecular weight excluding hydrogens is 566 g/mol. The normalized spacial score (nSPS) is 21.7. The summed E-state index contributed by atoms with van der Waals surface area (Å²) in [5.41, 5.74) is 0.538. The average Bonchev–Trinajstić information content (AvgIpc) is 3.56. The van der Waals surface area contributed by atoms with Crippen molar-refractivity contribution in [1.29, 1.82) is 0 Å². The molecule has 0 aliphatic carbocycles. The molecule has 2 saturated heterocycles. The summed E-state index contributed by atoms with van der Waals surface area (Å²) >= 11 is 1.50. The van der Waals surface area contributed by atoms with Crippen molar-refractivity contribution in [3.05, 3.63) is 87.1 Å². The van der Waals surface area contributed by atoms with E-state index < -0.39 is 23.8 Å². The highest BCUT2D eigenvalue weighted by Crippen LogP contribution is 2.39. The fourth-order valence-electron chi connectivity index (χ4n) is 6.74. The molecule has 3 heterocycles. The van der Waals surface area contributed by atoms with Crippen LogP contribution in [0.1, 0.15) is 65.1 Å². The van der Waals surface area contributed by atoms with Crippen LogP contribution in [0.25, 0.3) is 0 Å². The number of benzene rings is 2. The van der Waals surface area contributed by atoms with Crippen LogP contribution in [0.5, 0.6) is 0 Å². The zero-order valence-electron chi connectivity index (χ0n) is 23.9. The molecule has 10 heteroatoms. The smallest absolute Gasteiger partial charge is 0.416 e. The van der Waals surface area contributed by atoms with Gasteiger partial charge in [0.05, 0.1) is 10.6 Å². The number of carbonyl (C=O) groups is 1. The largest absolute Gasteiger partial charge is 0.480 e. The Morgan fingerprint density at radius 2 is 1.83 bits per heavy atom. The van der Waals surface area contributed by atoms with Crippen LogP contribution in [0.3, 0.4) is 0 Å². The Morgan fingerprint density at radius 3 is 2.50 bits per heavy atom. The third kappa shape index (κ3) is 7.03. The van der Waals surface area contributed by atoms with Gasteiger partial charge in [-0.2, -0.15) is 13.2 Å². The first kappa shape index (κ1) is 30.6. The van der Waals surface area contributed by atoms with E-state index in [4.69, 9.17) is 0 Å². The Labute approximate surface area is 248 Å². The van der Waals surface area contributed by atoms with Gasteiger partial charge >= 0.3 is 12.1 Å². The molecule has 2 aliphatic rings. The van der Waals surface area contributed by atoms with Gasteiger partial charge in [0.1, 0.15) is 11.9 Å². The van der Waals surface area contributed by atoms with E-state index in [-0.39, 0.29) is 35.6 Å². The lowest BCUT2D eigenvalue weighted by molar-refractivity contribution is -0.144. The van der Waals surface area contributed by atoms with Gasteiger partial charge in [-0.05, 0) is 73.0 Å². The maximum absolute atomic E-state index is 14.1. The van der Waals surface area contributed by atoms with Crippen molar-refractivity contribution in [2.75, 3.05) is 32.7 Å². The number of hydrogen-bond acceptors (Lipinski definition) is 5. The number of nitrogens with zero attached hydrogens (tertiary/aromatic N) is 3. The minimum atomic E-state index is -4.39. The van der Waals surface area contributed by atoms with Crippen LogP contribution in [0, 0.1) is 17.7 Å². The number of rotatable bonds is 9. The van der Waals surface area contributed by atoms with Gasteiger partial charge in [0.15, 0.2) is 0 Å². The molecule has 2 aliphatic heterocycles. The van der Waals surface area contributed by atoms with Crippen molar-refractivity contribution in [2.45, 2.75) is 57.2 Å². The number of thiazole rings is 1. The Hall–Kier alpha value is -2.82. The second kappa shape index (κ2) is 12.8. The van der Waals surface area contributed by atoms with Gasteiger partial charge < -0.3 is 10.0 Å². The lowest BCUT2D eigenvalue weighted by atomic mass is 9.87. The summed E-state index contributed by atoms with van der Waals surface area (Å²) < 4.78 is 54.4. The number of carboxylic acids is 1. The van der Waals surface area contributed by atoms with Gasteiger partial charge in [-0.25, -0.2) is 9.37 Å². The topological polar surface area (TPSA) is 56.7 Å². The van der Waals surface area contributed by atoms with Gasteiger partial charge in [0.2, 0.25) is 0 Å². The van der Waals surface area contributed by atoms with E-state index >= 15 is 0 Å². The zero-order valence-corrected chi connectivity index (χ0v) is 24.7. The summed E-state index contributed by atoms with van der Waals surface area (Å²) in [6.45, 7) is 7.62. The maximum Gasteiger partial charge on any atom is 0.416 e. The molecule has 2 fully saturated rings. The molecule has 2 aromatic carbocycles. The Bertz CT molecular complexity index is 1370.